The first-order valence-corrected chi connectivity index (χ1v) is 5.51. The standard InChI is InChI=1S/C11H9F2N3O4/c1-15-9(17)4-8(11(15)18)14-10-6(12)2-5(16(19)20)3-7(10)13/h2-3,8,14H,4H2,1H3. The second-order valence-electron chi connectivity index (χ2n) is 4.23. The van der Waals surface area contributed by atoms with Crippen LogP contribution in [-0.4, -0.2) is 34.7 Å². The number of nitrogens with one attached hydrogen (secondary N) is 1. The van der Waals surface area contributed by atoms with Crippen molar-refractivity contribution in [2.45, 2.75) is 12.5 Å². The summed E-state index contributed by atoms with van der Waals surface area (Å²) < 4.78 is 27.3. The van der Waals surface area contributed by atoms with Gasteiger partial charge in [0.2, 0.25) is 5.91 Å². The van der Waals surface area contributed by atoms with E-state index in [1.54, 1.807) is 0 Å². The molecule has 2 amide bonds. The molecular formula is C11H9F2N3O4. The molecule has 1 aliphatic rings. The lowest BCUT2D eigenvalue weighted by Crippen LogP contribution is -2.32. The number of amides is 2. The van der Waals surface area contributed by atoms with Crippen LogP contribution in [0.5, 0.6) is 0 Å². The maximum Gasteiger partial charge on any atom is 0.275 e. The van der Waals surface area contributed by atoms with E-state index in [0.29, 0.717) is 12.1 Å². The van der Waals surface area contributed by atoms with Gasteiger partial charge in [-0.2, -0.15) is 0 Å². The summed E-state index contributed by atoms with van der Waals surface area (Å²) in [7, 11) is 1.26. The summed E-state index contributed by atoms with van der Waals surface area (Å²) in [5.41, 5.74) is -1.41. The Morgan fingerprint density at radius 3 is 2.30 bits per heavy atom. The second-order valence-corrected chi connectivity index (χ2v) is 4.23. The number of benzene rings is 1. The van der Waals surface area contributed by atoms with Crippen molar-refractivity contribution in [3.8, 4) is 0 Å². The molecule has 1 saturated heterocycles. The third kappa shape index (κ3) is 2.29. The number of carbonyl (C=O) groups excluding carboxylic acids is 2. The number of non-ortho nitro benzene ring substituents is 1. The first kappa shape index (κ1) is 13.8. The van der Waals surface area contributed by atoms with Gasteiger partial charge in [-0.25, -0.2) is 8.78 Å². The lowest BCUT2D eigenvalue weighted by atomic mass is 10.2. The smallest absolute Gasteiger partial charge is 0.275 e. The summed E-state index contributed by atoms with van der Waals surface area (Å²) >= 11 is 0. The molecule has 1 atom stereocenters. The topological polar surface area (TPSA) is 92.6 Å². The number of halogens is 2. The van der Waals surface area contributed by atoms with Gasteiger partial charge >= 0.3 is 0 Å². The van der Waals surface area contributed by atoms with Crippen molar-refractivity contribution in [1.29, 1.82) is 0 Å². The van der Waals surface area contributed by atoms with Crippen LogP contribution >= 0.6 is 0 Å². The van der Waals surface area contributed by atoms with E-state index in [2.05, 4.69) is 5.32 Å². The van der Waals surface area contributed by atoms with Crippen LogP contribution in [0.4, 0.5) is 20.2 Å². The third-order valence-electron chi connectivity index (χ3n) is 2.94. The largest absolute Gasteiger partial charge is 0.368 e. The van der Waals surface area contributed by atoms with Crippen molar-refractivity contribution < 1.29 is 23.3 Å². The number of nitrogens with zero attached hydrogens (tertiary/aromatic N) is 2. The molecule has 1 heterocycles. The molecule has 0 saturated carbocycles. The van der Waals surface area contributed by atoms with Crippen molar-refractivity contribution in [1.82, 2.24) is 4.90 Å². The number of likely N-dealkylation sites (N-methyl/N-ethyl adjacent to an activating group) is 1. The summed E-state index contributed by atoms with van der Waals surface area (Å²) in [5.74, 6) is -3.50. The van der Waals surface area contributed by atoms with E-state index >= 15 is 0 Å². The highest BCUT2D eigenvalue weighted by Gasteiger charge is 2.37. The Balaban J connectivity index is 2.29. The van der Waals surface area contributed by atoms with E-state index in [9.17, 15) is 28.5 Å². The summed E-state index contributed by atoms with van der Waals surface area (Å²) in [6.07, 6.45) is -0.231. The third-order valence-corrected chi connectivity index (χ3v) is 2.94. The molecule has 20 heavy (non-hydrogen) atoms. The van der Waals surface area contributed by atoms with Crippen LogP contribution in [0.15, 0.2) is 12.1 Å². The Kier molecular flexibility index (Phi) is 3.35. The predicted octanol–water partition coefficient (Wildman–Crippen LogP) is 1.04. The fourth-order valence-electron chi connectivity index (χ4n) is 1.85. The Bertz CT molecular complexity index is 597. The highest BCUT2D eigenvalue weighted by atomic mass is 19.1. The minimum absolute atomic E-state index is 0.231. The van der Waals surface area contributed by atoms with E-state index in [1.807, 2.05) is 0 Å². The van der Waals surface area contributed by atoms with Gasteiger partial charge in [0.15, 0.2) is 11.6 Å². The number of nitro groups is 1. The minimum atomic E-state index is -1.20. The van der Waals surface area contributed by atoms with Crippen molar-refractivity contribution >= 4 is 23.2 Å². The van der Waals surface area contributed by atoms with Gasteiger partial charge in [-0.05, 0) is 0 Å². The van der Waals surface area contributed by atoms with Crippen LogP contribution in [-0.2, 0) is 9.59 Å². The molecular weight excluding hydrogens is 276 g/mol. The maximum atomic E-state index is 13.6. The molecule has 0 spiro atoms. The molecule has 1 N–H and O–H groups in total. The number of imide groups is 1. The zero-order chi connectivity index (χ0) is 15.0. The van der Waals surface area contributed by atoms with Gasteiger partial charge in [0.05, 0.1) is 23.5 Å². The molecule has 1 fully saturated rings. The first-order valence-electron chi connectivity index (χ1n) is 5.51. The van der Waals surface area contributed by atoms with Gasteiger partial charge in [-0.15, -0.1) is 0 Å². The second kappa shape index (κ2) is 4.83. The maximum absolute atomic E-state index is 13.6. The van der Waals surface area contributed by atoms with E-state index < -0.39 is 45.8 Å². The van der Waals surface area contributed by atoms with Crippen molar-refractivity contribution in [3.63, 3.8) is 0 Å². The SMILES string of the molecule is CN1C(=O)CC(Nc2c(F)cc([N+](=O)[O-])cc2F)C1=O. The molecule has 1 unspecified atom stereocenters. The molecule has 0 bridgehead atoms. The highest BCUT2D eigenvalue weighted by Crippen LogP contribution is 2.27. The number of hydrogen-bond acceptors (Lipinski definition) is 5. The van der Waals surface area contributed by atoms with E-state index in [0.717, 1.165) is 4.90 Å². The van der Waals surface area contributed by atoms with Crippen LogP contribution in [0.2, 0.25) is 0 Å². The van der Waals surface area contributed by atoms with E-state index in [-0.39, 0.29) is 6.42 Å². The molecule has 9 heteroatoms. The Morgan fingerprint density at radius 2 is 1.90 bits per heavy atom. The fourth-order valence-corrected chi connectivity index (χ4v) is 1.85. The monoisotopic (exact) mass is 285 g/mol. The number of carbonyl (C=O) groups is 2. The molecule has 0 aromatic heterocycles. The van der Waals surface area contributed by atoms with Crippen LogP contribution in [0.3, 0.4) is 0 Å². The normalized spacial score (nSPS) is 18.6. The highest BCUT2D eigenvalue weighted by molar-refractivity contribution is 6.06. The fraction of sp³-hybridized carbons (Fsp3) is 0.273. The van der Waals surface area contributed by atoms with Crippen molar-refractivity contribution in [2.24, 2.45) is 0 Å². The lowest BCUT2D eigenvalue weighted by molar-refractivity contribution is -0.385. The van der Waals surface area contributed by atoms with Gasteiger partial charge in [0.25, 0.3) is 11.6 Å². The van der Waals surface area contributed by atoms with Gasteiger partial charge in [-0.1, -0.05) is 0 Å². The van der Waals surface area contributed by atoms with Gasteiger partial charge in [0.1, 0.15) is 11.7 Å². The minimum Gasteiger partial charge on any atom is -0.368 e. The average Bonchev–Trinajstić information content (AvgIpc) is 2.61. The lowest BCUT2D eigenvalue weighted by Gasteiger charge is -2.13. The summed E-state index contributed by atoms with van der Waals surface area (Å²) in [6.45, 7) is 0. The number of hydrogen-bond donors (Lipinski definition) is 1. The number of nitro benzene ring substituents is 1. The van der Waals surface area contributed by atoms with Crippen LogP contribution in [0, 0.1) is 21.7 Å². The van der Waals surface area contributed by atoms with Gasteiger partial charge in [-0.3, -0.25) is 24.6 Å². The first-order chi connectivity index (χ1) is 9.31. The average molecular weight is 285 g/mol. The molecule has 2 rings (SSSR count). The van der Waals surface area contributed by atoms with Gasteiger partial charge in [0, 0.05) is 7.05 Å². The Labute approximate surface area is 111 Å². The zero-order valence-electron chi connectivity index (χ0n) is 10.2. The molecule has 1 aliphatic heterocycles. The molecule has 0 aliphatic carbocycles. The zero-order valence-corrected chi connectivity index (χ0v) is 10.2. The number of rotatable bonds is 3. The predicted molar refractivity (Wildman–Crippen MR) is 62.8 cm³/mol. The molecule has 1 aromatic rings. The van der Waals surface area contributed by atoms with Gasteiger partial charge < -0.3 is 5.32 Å². The summed E-state index contributed by atoms with van der Waals surface area (Å²) in [4.78, 5) is 33.2. The quantitative estimate of drug-likeness (QED) is 0.509. The van der Waals surface area contributed by atoms with Crippen LogP contribution < -0.4 is 5.32 Å². The summed E-state index contributed by atoms with van der Waals surface area (Å²) in [5, 5.41) is 12.7. The molecule has 1 aromatic carbocycles. The van der Waals surface area contributed by atoms with E-state index in [4.69, 9.17) is 0 Å². The van der Waals surface area contributed by atoms with Crippen molar-refractivity contribution in [3.05, 3.63) is 33.9 Å². The molecule has 7 nitrogen and oxygen atoms in total. The Hall–Kier alpha value is -2.58. The number of likely N-dealkylation sites (tertiary alicyclic amines) is 1. The number of anilines is 1. The Morgan fingerprint density at radius 1 is 1.35 bits per heavy atom. The van der Waals surface area contributed by atoms with Crippen molar-refractivity contribution in [2.75, 3.05) is 12.4 Å². The van der Waals surface area contributed by atoms with Crippen LogP contribution in [0.1, 0.15) is 6.42 Å². The molecule has 0 radical (unpaired) electrons. The molecule has 106 valence electrons. The van der Waals surface area contributed by atoms with Crippen LogP contribution in [0.25, 0.3) is 0 Å². The van der Waals surface area contributed by atoms with E-state index in [1.165, 1.54) is 7.05 Å². The summed E-state index contributed by atoms with van der Waals surface area (Å²) in [6, 6.07) is -0.00908.